The first-order chi connectivity index (χ1) is 14.4. The average molecular weight is 402 g/mol. The number of nitriles is 1. The quantitative estimate of drug-likeness (QED) is 0.558. The number of carbonyl (C=O) groups excluding carboxylic acids is 3. The van der Waals surface area contributed by atoms with Crippen LogP contribution in [0.1, 0.15) is 21.6 Å². The number of Topliss-reactive ketones (excluding diaryl/α,β-unsaturated/α-hetero) is 1. The third-order valence-electron chi connectivity index (χ3n) is 4.37. The van der Waals surface area contributed by atoms with Crippen molar-refractivity contribution in [3.8, 4) is 17.3 Å². The molecule has 2 heterocycles. The van der Waals surface area contributed by atoms with Gasteiger partial charge in [0.25, 0.3) is 11.8 Å². The summed E-state index contributed by atoms with van der Waals surface area (Å²) in [7, 11) is 1.65. The van der Waals surface area contributed by atoms with Gasteiger partial charge < -0.3 is 11.1 Å². The molecule has 9 heteroatoms. The molecule has 0 fully saturated rings. The fraction of sp³-hybridized carbons (Fsp3) is 0.143. The van der Waals surface area contributed by atoms with E-state index in [9.17, 15) is 14.4 Å². The minimum Gasteiger partial charge on any atom is -0.363 e. The van der Waals surface area contributed by atoms with Crippen LogP contribution in [0.15, 0.2) is 54.9 Å². The number of ketones is 1. The van der Waals surface area contributed by atoms with E-state index >= 15 is 0 Å². The Balaban J connectivity index is 1.89. The molecule has 0 bridgehead atoms. The molecule has 2 amide bonds. The molecule has 30 heavy (non-hydrogen) atoms. The van der Waals surface area contributed by atoms with Gasteiger partial charge in [0.2, 0.25) is 5.78 Å². The second kappa shape index (κ2) is 8.79. The van der Waals surface area contributed by atoms with Crippen LogP contribution in [0.3, 0.4) is 0 Å². The minimum atomic E-state index is -1.13. The third-order valence-corrected chi connectivity index (χ3v) is 4.37. The molecular formula is C21H18N6O3. The van der Waals surface area contributed by atoms with Gasteiger partial charge in [-0.2, -0.15) is 10.4 Å². The zero-order valence-corrected chi connectivity index (χ0v) is 16.1. The number of pyridine rings is 1. The fourth-order valence-electron chi connectivity index (χ4n) is 2.93. The number of benzene rings is 1. The smallest absolute Gasteiger partial charge is 0.287 e. The Hall–Kier alpha value is -4.32. The molecule has 1 atom stereocenters. The number of rotatable bonds is 7. The number of nitrogens with two attached hydrogens (primary N) is 1. The SMILES string of the molecule is Cn1cc(C(=O)NC(Cc2ccccc2)C(=O)C(N)=O)c(-c2ccc(C#N)nc2)n1. The number of amides is 2. The normalized spacial score (nSPS) is 11.3. The van der Waals surface area contributed by atoms with Gasteiger partial charge in [-0.05, 0) is 17.7 Å². The Morgan fingerprint density at radius 3 is 2.53 bits per heavy atom. The van der Waals surface area contributed by atoms with Crippen molar-refractivity contribution in [2.45, 2.75) is 12.5 Å². The molecule has 150 valence electrons. The second-order valence-electron chi connectivity index (χ2n) is 6.55. The van der Waals surface area contributed by atoms with Crippen LogP contribution in [0.2, 0.25) is 0 Å². The maximum atomic E-state index is 13.0. The monoisotopic (exact) mass is 402 g/mol. The van der Waals surface area contributed by atoms with E-state index in [1.54, 1.807) is 37.4 Å². The second-order valence-corrected chi connectivity index (χ2v) is 6.55. The van der Waals surface area contributed by atoms with E-state index in [0.29, 0.717) is 11.3 Å². The van der Waals surface area contributed by atoms with Crippen molar-refractivity contribution in [3.63, 3.8) is 0 Å². The number of carbonyl (C=O) groups is 3. The van der Waals surface area contributed by atoms with Gasteiger partial charge in [0.15, 0.2) is 0 Å². The number of primary amides is 1. The van der Waals surface area contributed by atoms with E-state index in [4.69, 9.17) is 11.0 Å². The lowest BCUT2D eigenvalue weighted by atomic mass is 10.0. The van der Waals surface area contributed by atoms with E-state index in [1.165, 1.54) is 23.1 Å². The van der Waals surface area contributed by atoms with E-state index < -0.39 is 23.6 Å². The summed E-state index contributed by atoms with van der Waals surface area (Å²) in [6.07, 6.45) is 3.05. The maximum absolute atomic E-state index is 13.0. The van der Waals surface area contributed by atoms with Crippen molar-refractivity contribution >= 4 is 17.6 Å². The summed E-state index contributed by atoms with van der Waals surface area (Å²) >= 11 is 0. The van der Waals surface area contributed by atoms with E-state index in [1.807, 2.05) is 12.1 Å². The van der Waals surface area contributed by atoms with Crippen molar-refractivity contribution in [1.29, 1.82) is 5.26 Å². The molecule has 2 aromatic heterocycles. The first-order valence-electron chi connectivity index (χ1n) is 8.97. The van der Waals surface area contributed by atoms with Gasteiger partial charge in [-0.15, -0.1) is 0 Å². The van der Waals surface area contributed by atoms with Crippen LogP contribution in [-0.4, -0.2) is 38.4 Å². The predicted molar refractivity (Wildman–Crippen MR) is 107 cm³/mol. The summed E-state index contributed by atoms with van der Waals surface area (Å²) in [6, 6.07) is 12.9. The Morgan fingerprint density at radius 1 is 1.20 bits per heavy atom. The fourth-order valence-corrected chi connectivity index (χ4v) is 2.93. The first-order valence-corrected chi connectivity index (χ1v) is 8.97. The zero-order valence-electron chi connectivity index (χ0n) is 16.1. The highest BCUT2D eigenvalue weighted by Gasteiger charge is 2.27. The molecule has 0 saturated carbocycles. The first kappa shape index (κ1) is 20.4. The van der Waals surface area contributed by atoms with Gasteiger partial charge in [-0.25, -0.2) is 4.98 Å². The Morgan fingerprint density at radius 2 is 1.93 bits per heavy atom. The standard InChI is InChI=1S/C21H18N6O3/c1-27-12-16(18(26-27)14-7-8-15(10-22)24-11-14)21(30)25-17(19(28)20(23)29)9-13-5-3-2-4-6-13/h2-8,11-12,17H,9H2,1H3,(H2,23,29)(H,25,30). The van der Waals surface area contributed by atoms with Crippen molar-refractivity contribution in [3.05, 3.63) is 71.7 Å². The molecule has 9 nitrogen and oxygen atoms in total. The highest BCUT2D eigenvalue weighted by atomic mass is 16.2. The molecule has 1 unspecified atom stereocenters. The van der Waals surface area contributed by atoms with Gasteiger partial charge in [0.1, 0.15) is 23.5 Å². The molecule has 0 aliphatic carbocycles. The Labute approximate surface area is 172 Å². The maximum Gasteiger partial charge on any atom is 0.287 e. The summed E-state index contributed by atoms with van der Waals surface area (Å²) in [6.45, 7) is 0. The number of hydrogen-bond donors (Lipinski definition) is 2. The predicted octanol–water partition coefficient (Wildman–Crippen LogP) is 0.749. The van der Waals surface area contributed by atoms with E-state index in [-0.39, 0.29) is 17.7 Å². The molecule has 1 aromatic carbocycles. The lowest BCUT2D eigenvalue weighted by Gasteiger charge is -2.16. The lowest BCUT2D eigenvalue weighted by molar-refractivity contribution is -0.137. The van der Waals surface area contributed by atoms with E-state index in [0.717, 1.165) is 5.56 Å². The Bertz CT molecular complexity index is 1130. The van der Waals surface area contributed by atoms with Crippen LogP contribution in [-0.2, 0) is 23.1 Å². The van der Waals surface area contributed by atoms with Crippen molar-refractivity contribution in [1.82, 2.24) is 20.1 Å². The van der Waals surface area contributed by atoms with Crippen LogP contribution in [0, 0.1) is 11.3 Å². The average Bonchev–Trinajstić information content (AvgIpc) is 3.15. The van der Waals surface area contributed by atoms with Crippen LogP contribution < -0.4 is 11.1 Å². The highest BCUT2D eigenvalue weighted by molar-refractivity contribution is 6.38. The topological polar surface area (TPSA) is 144 Å². The van der Waals surface area contributed by atoms with E-state index in [2.05, 4.69) is 15.4 Å². The van der Waals surface area contributed by atoms with Gasteiger partial charge in [0.05, 0.1) is 5.56 Å². The molecule has 0 radical (unpaired) electrons. The number of nitrogens with zero attached hydrogens (tertiary/aromatic N) is 4. The summed E-state index contributed by atoms with van der Waals surface area (Å²) in [5.41, 5.74) is 7.22. The number of aromatic nitrogens is 3. The number of nitrogens with one attached hydrogen (secondary N) is 1. The molecule has 3 aromatic rings. The van der Waals surface area contributed by atoms with Crippen LogP contribution in [0.5, 0.6) is 0 Å². The van der Waals surface area contributed by atoms with Crippen LogP contribution >= 0.6 is 0 Å². The van der Waals surface area contributed by atoms with Gasteiger partial charge in [0, 0.05) is 31.4 Å². The number of hydrogen-bond acceptors (Lipinski definition) is 6. The molecular weight excluding hydrogens is 384 g/mol. The molecule has 0 aliphatic heterocycles. The molecule has 3 N–H and O–H groups in total. The van der Waals surface area contributed by atoms with Gasteiger partial charge >= 0.3 is 0 Å². The zero-order chi connectivity index (χ0) is 21.7. The van der Waals surface area contributed by atoms with Crippen molar-refractivity contribution in [2.24, 2.45) is 12.8 Å². The van der Waals surface area contributed by atoms with Gasteiger partial charge in [-0.3, -0.25) is 19.1 Å². The van der Waals surface area contributed by atoms with Crippen LogP contribution in [0.25, 0.3) is 11.3 Å². The Kier molecular flexibility index (Phi) is 5.98. The number of aryl methyl sites for hydroxylation is 1. The van der Waals surface area contributed by atoms with Crippen molar-refractivity contribution < 1.29 is 14.4 Å². The van der Waals surface area contributed by atoms with Gasteiger partial charge in [-0.1, -0.05) is 30.3 Å². The highest BCUT2D eigenvalue weighted by Crippen LogP contribution is 2.21. The molecule has 0 aliphatic rings. The summed E-state index contributed by atoms with van der Waals surface area (Å²) in [5.74, 6) is -2.60. The van der Waals surface area contributed by atoms with Crippen LogP contribution in [0.4, 0.5) is 0 Å². The summed E-state index contributed by atoms with van der Waals surface area (Å²) < 4.78 is 1.45. The summed E-state index contributed by atoms with van der Waals surface area (Å²) in [5, 5.41) is 15.8. The molecule has 0 saturated heterocycles. The summed E-state index contributed by atoms with van der Waals surface area (Å²) in [4.78, 5) is 40.7. The molecule has 0 spiro atoms. The third kappa shape index (κ3) is 4.56. The molecule has 3 rings (SSSR count). The largest absolute Gasteiger partial charge is 0.363 e. The van der Waals surface area contributed by atoms with Crippen molar-refractivity contribution in [2.75, 3.05) is 0 Å². The lowest BCUT2D eigenvalue weighted by Crippen LogP contribution is -2.47. The minimum absolute atomic E-state index is 0.113.